The van der Waals surface area contributed by atoms with Gasteiger partial charge in [-0.25, -0.2) is 0 Å². The maximum atomic E-state index is 11.9. The highest BCUT2D eigenvalue weighted by atomic mass is 19.4. The highest BCUT2D eigenvalue weighted by molar-refractivity contribution is 4.75. The lowest BCUT2D eigenvalue weighted by atomic mass is 10.3. The Morgan fingerprint density at radius 2 is 1.93 bits per heavy atom. The van der Waals surface area contributed by atoms with Gasteiger partial charge in [0.25, 0.3) is 0 Å². The zero-order valence-corrected chi connectivity index (χ0v) is 9.11. The molecule has 0 spiro atoms. The summed E-state index contributed by atoms with van der Waals surface area (Å²) in [6.07, 6.45) is -2.14. The molecular formula is C10H19F3N2. The molecule has 0 aromatic rings. The van der Waals surface area contributed by atoms with Crippen LogP contribution in [0.15, 0.2) is 0 Å². The van der Waals surface area contributed by atoms with E-state index >= 15 is 0 Å². The first kappa shape index (κ1) is 12.8. The zero-order valence-electron chi connectivity index (χ0n) is 9.11. The number of rotatable bonds is 7. The summed E-state index contributed by atoms with van der Waals surface area (Å²) >= 11 is 0. The van der Waals surface area contributed by atoms with Crippen molar-refractivity contribution < 1.29 is 13.2 Å². The van der Waals surface area contributed by atoms with E-state index in [-0.39, 0.29) is 6.54 Å². The van der Waals surface area contributed by atoms with Crippen molar-refractivity contribution in [2.45, 2.75) is 25.4 Å². The van der Waals surface area contributed by atoms with Gasteiger partial charge in [-0.2, -0.15) is 13.2 Å². The van der Waals surface area contributed by atoms with Crippen LogP contribution < -0.4 is 5.32 Å². The predicted molar refractivity (Wildman–Crippen MR) is 53.8 cm³/mol. The molecule has 0 amide bonds. The van der Waals surface area contributed by atoms with Crippen LogP contribution in [0.1, 0.15) is 19.3 Å². The zero-order chi connectivity index (χ0) is 11.3. The third-order valence-electron chi connectivity index (χ3n) is 2.58. The second-order valence-electron chi connectivity index (χ2n) is 4.32. The van der Waals surface area contributed by atoms with Crippen molar-refractivity contribution in [2.75, 3.05) is 33.2 Å². The number of likely N-dealkylation sites (N-methyl/N-ethyl adjacent to an activating group) is 1. The van der Waals surface area contributed by atoms with Gasteiger partial charge in [-0.1, -0.05) is 0 Å². The first-order valence-corrected chi connectivity index (χ1v) is 5.43. The summed E-state index contributed by atoms with van der Waals surface area (Å²) in [6.45, 7) is 2.58. The highest BCUT2D eigenvalue weighted by Gasteiger charge is 2.27. The quantitative estimate of drug-likeness (QED) is 0.664. The summed E-state index contributed by atoms with van der Waals surface area (Å²) in [4.78, 5) is 1.72. The standard InChI is InChI=1S/C10H19F3N2/c1-15(6-4-10(11,12)13)7-5-14-8-9-2-3-9/h9,14H,2-8H2,1H3. The van der Waals surface area contributed by atoms with E-state index < -0.39 is 12.6 Å². The Morgan fingerprint density at radius 3 is 2.47 bits per heavy atom. The van der Waals surface area contributed by atoms with Crippen molar-refractivity contribution in [3.05, 3.63) is 0 Å². The topological polar surface area (TPSA) is 15.3 Å². The molecule has 0 aromatic carbocycles. The Morgan fingerprint density at radius 1 is 1.27 bits per heavy atom. The van der Waals surface area contributed by atoms with Gasteiger partial charge in [0.1, 0.15) is 0 Å². The number of nitrogens with zero attached hydrogens (tertiary/aromatic N) is 1. The summed E-state index contributed by atoms with van der Waals surface area (Å²) in [5.41, 5.74) is 0. The molecule has 0 radical (unpaired) electrons. The smallest absolute Gasteiger partial charge is 0.315 e. The van der Waals surface area contributed by atoms with Crippen LogP contribution in [-0.2, 0) is 0 Å². The maximum Gasteiger partial charge on any atom is 0.390 e. The van der Waals surface area contributed by atoms with E-state index in [1.807, 2.05) is 0 Å². The van der Waals surface area contributed by atoms with Gasteiger partial charge in [0.05, 0.1) is 6.42 Å². The normalized spacial score (nSPS) is 17.4. The molecule has 1 N–H and O–H groups in total. The summed E-state index contributed by atoms with van der Waals surface area (Å²) in [5, 5.41) is 3.25. The first-order valence-electron chi connectivity index (χ1n) is 5.43. The lowest BCUT2D eigenvalue weighted by Crippen LogP contribution is -2.32. The number of hydrogen-bond donors (Lipinski definition) is 1. The van der Waals surface area contributed by atoms with E-state index in [1.165, 1.54) is 12.8 Å². The van der Waals surface area contributed by atoms with Gasteiger partial charge in [-0.3, -0.25) is 0 Å². The molecule has 0 heterocycles. The Labute approximate surface area is 88.8 Å². The second kappa shape index (κ2) is 5.70. The van der Waals surface area contributed by atoms with Gasteiger partial charge in [-0.15, -0.1) is 0 Å². The monoisotopic (exact) mass is 224 g/mol. The van der Waals surface area contributed by atoms with Crippen molar-refractivity contribution in [3.63, 3.8) is 0 Å². The minimum atomic E-state index is -4.03. The maximum absolute atomic E-state index is 11.9. The lowest BCUT2D eigenvalue weighted by Gasteiger charge is -2.17. The molecule has 0 atom stereocenters. The SMILES string of the molecule is CN(CCNCC1CC1)CCC(F)(F)F. The number of alkyl halides is 3. The van der Waals surface area contributed by atoms with E-state index in [1.54, 1.807) is 11.9 Å². The van der Waals surface area contributed by atoms with Crippen LogP contribution in [0, 0.1) is 5.92 Å². The van der Waals surface area contributed by atoms with Gasteiger partial charge in [0, 0.05) is 19.6 Å². The third kappa shape index (κ3) is 7.62. The van der Waals surface area contributed by atoms with Crippen molar-refractivity contribution in [3.8, 4) is 0 Å². The molecule has 2 nitrogen and oxygen atoms in total. The van der Waals surface area contributed by atoms with E-state index in [4.69, 9.17) is 0 Å². The molecule has 0 saturated heterocycles. The summed E-state index contributed by atoms with van der Waals surface area (Å²) in [7, 11) is 1.73. The fourth-order valence-corrected chi connectivity index (χ4v) is 1.33. The largest absolute Gasteiger partial charge is 0.390 e. The molecule has 1 aliphatic rings. The predicted octanol–water partition coefficient (Wildman–Crippen LogP) is 1.87. The molecule has 1 saturated carbocycles. The van der Waals surface area contributed by atoms with Crippen molar-refractivity contribution in [2.24, 2.45) is 5.92 Å². The molecule has 0 bridgehead atoms. The van der Waals surface area contributed by atoms with E-state index in [9.17, 15) is 13.2 Å². The van der Waals surface area contributed by atoms with Crippen LogP contribution in [-0.4, -0.2) is 44.3 Å². The Balaban J connectivity index is 1.90. The van der Waals surface area contributed by atoms with Gasteiger partial charge < -0.3 is 10.2 Å². The van der Waals surface area contributed by atoms with Crippen LogP contribution in [0.2, 0.25) is 0 Å². The van der Waals surface area contributed by atoms with E-state index in [2.05, 4.69) is 5.32 Å². The van der Waals surface area contributed by atoms with Crippen LogP contribution in [0.25, 0.3) is 0 Å². The molecule has 5 heteroatoms. The first-order chi connectivity index (χ1) is 6.97. The second-order valence-corrected chi connectivity index (χ2v) is 4.32. The number of nitrogens with one attached hydrogen (secondary N) is 1. The molecule has 0 unspecified atom stereocenters. The minimum absolute atomic E-state index is 0.0919. The van der Waals surface area contributed by atoms with Crippen molar-refractivity contribution in [1.29, 1.82) is 0 Å². The average molecular weight is 224 g/mol. The van der Waals surface area contributed by atoms with Gasteiger partial charge >= 0.3 is 6.18 Å². The van der Waals surface area contributed by atoms with Gasteiger partial charge in [-0.05, 0) is 32.4 Å². The van der Waals surface area contributed by atoms with E-state index in [0.717, 1.165) is 19.0 Å². The molecular weight excluding hydrogens is 205 g/mol. The molecule has 90 valence electrons. The van der Waals surface area contributed by atoms with Crippen molar-refractivity contribution in [1.82, 2.24) is 10.2 Å². The minimum Gasteiger partial charge on any atom is -0.315 e. The molecule has 0 aromatic heterocycles. The number of halogens is 3. The Hall–Kier alpha value is -0.290. The molecule has 0 aliphatic heterocycles. The summed E-state index contributed by atoms with van der Waals surface area (Å²) in [5.74, 6) is 0.825. The molecule has 1 fully saturated rings. The lowest BCUT2D eigenvalue weighted by molar-refractivity contribution is -0.137. The number of hydrogen-bond acceptors (Lipinski definition) is 2. The summed E-state index contributed by atoms with van der Waals surface area (Å²) in [6, 6.07) is 0. The van der Waals surface area contributed by atoms with Gasteiger partial charge in [0.15, 0.2) is 0 Å². The van der Waals surface area contributed by atoms with Gasteiger partial charge in [0.2, 0.25) is 0 Å². The third-order valence-corrected chi connectivity index (χ3v) is 2.58. The Bertz CT molecular complexity index is 178. The van der Waals surface area contributed by atoms with Crippen LogP contribution in [0.3, 0.4) is 0 Å². The fraction of sp³-hybridized carbons (Fsp3) is 1.00. The fourth-order valence-electron chi connectivity index (χ4n) is 1.33. The van der Waals surface area contributed by atoms with Crippen LogP contribution in [0.4, 0.5) is 13.2 Å². The van der Waals surface area contributed by atoms with Crippen molar-refractivity contribution >= 4 is 0 Å². The molecule has 15 heavy (non-hydrogen) atoms. The van der Waals surface area contributed by atoms with Crippen LogP contribution >= 0.6 is 0 Å². The van der Waals surface area contributed by atoms with E-state index in [0.29, 0.717) is 6.54 Å². The van der Waals surface area contributed by atoms with Crippen LogP contribution in [0.5, 0.6) is 0 Å². The average Bonchev–Trinajstić information content (AvgIpc) is 2.91. The molecule has 1 aliphatic carbocycles. The summed E-state index contributed by atoms with van der Waals surface area (Å²) < 4.78 is 35.6. The molecule has 1 rings (SSSR count). The highest BCUT2D eigenvalue weighted by Crippen LogP contribution is 2.27. The Kier molecular flexibility index (Phi) is 4.86.